The van der Waals surface area contributed by atoms with Crippen molar-refractivity contribution in [3.05, 3.63) is 29.8 Å². The fourth-order valence-electron chi connectivity index (χ4n) is 1.98. The van der Waals surface area contributed by atoms with Crippen molar-refractivity contribution in [3.63, 3.8) is 0 Å². The van der Waals surface area contributed by atoms with Crippen molar-refractivity contribution >= 4 is 23.8 Å². The third-order valence-corrected chi connectivity index (χ3v) is 3.00. The molecule has 0 radical (unpaired) electrons. The van der Waals surface area contributed by atoms with E-state index in [1.54, 1.807) is 19.1 Å². The third-order valence-electron chi connectivity index (χ3n) is 3.00. The number of oxime groups is 1. The van der Waals surface area contributed by atoms with Crippen molar-refractivity contribution in [1.29, 1.82) is 0 Å². The van der Waals surface area contributed by atoms with Gasteiger partial charge in [0.05, 0.1) is 12.5 Å². The minimum atomic E-state index is -2.50. The number of hydrogen-bond acceptors (Lipinski definition) is 5. The highest BCUT2D eigenvalue weighted by molar-refractivity contribution is 6.31. The Bertz CT molecular complexity index is 547. The number of halogens is 2. The molecule has 0 saturated heterocycles. The van der Waals surface area contributed by atoms with Crippen LogP contribution < -0.4 is 5.32 Å². The third kappa shape index (κ3) is 6.41. The Balaban J connectivity index is 2.85. The highest BCUT2D eigenvalue weighted by atomic mass is 19.3. The second-order valence-electron chi connectivity index (χ2n) is 4.63. The van der Waals surface area contributed by atoms with Gasteiger partial charge in [-0.15, -0.1) is 0 Å². The van der Waals surface area contributed by atoms with Gasteiger partial charge in [0.25, 0.3) is 5.91 Å². The summed E-state index contributed by atoms with van der Waals surface area (Å²) in [6.07, 6.45) is -2.24. The zero-order valence-electron chi connectivity index (χ0n) is 12.5. The molecule has 1 atom stereocenters. The number of benzene rings is 1. The van der Waals surface area contributed by atoms with Gasteiger partial charge in [-0.05, 0) is 31.0 Å². The van der Waals surface area contributed by atoms with Crippen LogP contribution in [-0.4, -0.2) is 36.3 Å². The van der Waals surface area contributed by atoms with E-state index in [1.807, 2.05) is 0 Å². The van der Waals surface area contributed by atoms with Crippen LogP contribution in [0.3, 0.4) is 0 Å². The van der Waals surface area contributed by atoms with Crippen LogP contribution in [0.1, 0.15) is 31.2 Å². The number of alkyl halides is 2. The zero-order chi connectivity index (χ0) is 17.2. The van der Waals surface area contributed by atoms with Crippen LogP contribution in [-0.2, 0) is 14.3 Å². The Morgan fingerprint density at radius 3 is 2.48 bits per heavy atom. The van der Waals surface area contributed by atoms with Crippen molar-refractivity contribution in [2.24, 2.45) is 5.16 Å². The molecule has 8 heteroatoms. The first-order valence-electron chi connectivity index (χ1n) is 7.01. The molecule has 6 nitrogen and oxygen atoms in total. The van der Waals surface area contributed by atoms with E-state index >= 15 is 0 Å². The van der Waals surface area contributed by atoms with Crippen LogP contribution in [0.25, 0.3) is 0 Å². The Morgan fingerprint density at radius 2 is 1.96 bits per heavy atom. The number of ether oxygens (including phenoxy) is 1. The Morgan fingerprint density at radius 1 is 1.30 bits per heavy atom. The lowest BCUT2D eigenvalue weighted by Gasteiger charge is -2.16. The number of esters is 1. The lowest BCUT2D eigenvalue weighted by atomic mass is 9.94. The van der Waals surface area contributed by atoms with Gasteiger partial charge in [0.2, 0.25) is 6.43 Å². The maximum absolute atomic E-state index is 12.4. The number of rotatable bonds is 8. The normalized spacial score (nSPS) is 12.3. The molecule has 0 bridgehead atoms. The molecule has 0 heterocycles. The molecule has 0 saturated carbocycles. The zero-order valence-corrected chi connectivity index (χ0v) is 12.5. The molecule has 1 aromatic carbocycles. The monoisotopic (exact) mass is 328 g/mol. The van der Waals surface area contributed by atoms with Gasteiger partial charge in [0.1, 0.15) is 6.21 Å². The summed E-state index contributed by atoms with van der Waals surface area (Å²) in [4.78, 5) is 23.1. The molecule has 0 fully saturated rings. The molecule has 1 unspecified atom stereocenters. The summed E-state index contributed by atoms with van der Waals surface area (Å²) in [6.45, 7) is 1.81. The number of hydrogen-bond donors (Lipinski definition) is 2. The molecule has 0 aliphatic carbocycles. The second kappa shape index (κ2) is 9.50. The number of nitrogens with zero attached hydrogens (tertiary/aromatic N) is 1. The van der Waals surface area contributed by atoms with E-state index in [1.165, 1.54) is 12.1 Å². The maximum atomic E-state index is 12.4. The lowest BCUT2D eigenvalue weighted by Crippen LogP contribution is -2.17. The number of carbonyl (C=O) groups excluding carboxylic acids is 2. The van der Waals surface area contributed by atoms with E-state index in [4.69, 9.17) is 9.94 Å². The van der Waals surface area contributed by atoms with E-state index in [9.17, 15) is 18.4 Å². The summed E-state index contributed by atoms with van der Waals surface area (Å²) in [7, 11) is 0. The quantitative estimate of drug-likeness (QED) is 0.332. The minimum Gasteiger partial charge on any atom is -0.466 e. The van der Waals surface area contributed by atoms with Crippen LogP contribution in [0.5, 0.6) is 0 Å². The molecule has 0 spiro atoms. The second-order valence-corrected chi connectivity index (χ2v) is 4.63. The summed E-state index contributed by atoms with van der Waals surface area (Å²) in [5.41, 5.74) is 0.938. The SMILES string of the molecule is CCOC(=O)C(CCC(F)F)c1ccc(NC(=O)/C=N/O)cc1. The van der Waals surface area contributed by atoms with Gasteiger partial charge in [-0.1, -0.05) is 17.3 Å². The van der Waals surface area contributed by atoms with E-state index in [-0.39, 0.29) is 13.0 Å². The van der Waals surface area contributed by atoms with Crippen molar-refractivity contribution in [2.75, 3.05) is 11.9 Å². The molecule has 1 rings (SSSR count). The first-order chi connectivity index (χ1) is 11.0. The first-order valence-corrected chi connectivity index (χ1v) is 7.01. The predicted octanol–water partition coefficient (Wildman–Crippen LogP) is 2.78. The molecule has 0 aromatic heterocycles. The van der Waals surface area contributed by atoms with Crippen LogP contribution in [0.2, 0.25) is 0 Å². The molecule has 2 N–H and O–H groups in total. The van der Waals surface area contributed by atoms with Crippen molar-refractivity contribution in [2.45, 2.75) is 32.1 Å². The van der Waals surface area contributed by atoms with Gasteiger partial charge in [0, 0.05) is 12.1 Å². The molecular weight excluding hydrogens is 310 g/mol. The molecular formula is C15H18F2N2O4. The molecule has 0 aliphatic rings. The number of amides is 1. The Labute approximate surface area is 132 Å². The van der Waals surface area contributed by atoms with Crippen molar-refractivity contribution in [3.8, 4) is 0 Å². The number of anilines is 1. The van der Waals surface area contributed by atoms with E-state index < -0.39 is 30.6 Å². The molecule has 1 aromatic rings. The average molecular weight is 328 g/mol. The van der Waals surface area contributed by atoms with Crippen LogP contribution in [0.15, 0.2) is 29.4 Å². The largest absolute Gasteiger partial charge is 0.466 e. The molecule has 1 amide bonds. The summed E-state index contributed by atoms with van der Waals surface area (Å²) in [5, 5.41) is 13.3. The lowest BCUT2D eigenvalue weighted by molar-refractivity contribution is -0.145. The Hall–Kier alpha value is -2.51. The van der Waals surface area contributed by atoms with Gasteiger partial charge in [0.15, 0.2) is 0 Å². The fraction of sp³-hybridized carbons (Fsp3) is 0.400. The predicted molar refractivity (Wildman–Crippen MR) is 80.0 cm³/mol. The molecule has 0 aliphatic heterocycles. The van der Waals surface area contributed by atoms with Crippen LogP contribution in [0, 0.1) is 0 Å². The van der Waals surface area contributed by atoms with Crippen LogP contribution >= 0.6 is 0 Å². The summed E-state index contributed by atoms with van der Waals surface area (Å²) in [6, 6.07) is 6.15. The van der Waals surface area contributed by atoms with Gasteiger partial charge >= 0.3 is 5.97 Å². The van der Waals surface area contributed by atoms with E-state index in [0.29, 0.717) is 17.5 Å². The van der Waals surface area contributed by atoms with Crippen molar-refractivity contribution < 1.29 is 28.3 Å². The van der Waals surface area contributed by atoms with E-state index in [2.05, 4.69) is 10.5 Å². The van der Waals surface area contributed by atoms with Crippen molar-refractivity contribution in [1.82, 2.24) is 0 Å². The topological polar surface area (TPSA) is 88.0 Å². The van der Waals surface area contributed by atoms with Gasteiger partial charge < -0.3 is 15.3 Å². The number of nitrogens with one attached hydrogen (secondary N) is 1. The summed E-state index contributed by atoms with van der Waals surface area (Å²) in [5.74, 6) is -1.97. The highest BCUT2D eigenvalue weighted by Crippen LogP contribution is 2.26. The fourth-order valence-corrected chi connectivity index (χ4v) is 1.98. The van der Waals surface area contributed by atoms with Gasteiger partial charge in [-0.25, -0.2) is 8.78 Å². The minimum absolute atomic E-state index is 0.0284. The van der Waals surface area contributed by atoms with Gasteiger partial charge in [-0.2, -0.15) is 0 Å². The summed E-state index contributed by atoms with van der Waals surface area (Å²) >= 11 is 0. The number of carbonyl (C=O) groups is 2. The molecule has 23 heavy (non-hydrogen) atoms. The summed E-state index contributed by atoms with van der Waals surface area (Å²) < 4.78 is 29.7. The Kier molecular flexibility index (Phi) is 7.65. The maximum Gasteiger partial charge on any atom is 0.313 e. The van der Waals surface area contributed by atoms with Gasteiger partial charge in [-0.3, -0.25) is 9.59 Å². The molecule has 126 valence electrons. The highest BCUT2D eigenvalue weighted by Gasteiger charge is 2.23. The van der Waals surface area contributed by atoms with E-state index in [0.717, 1.165) is 0 Å². The van der Waals surface area contributed by atoms with Crippen LogP contribution in [0.4, 0.5) is 14.5 Å². The first kappa shape index (κ1) is 18.5. The average Bonchev–Trinajstić information content (AvgIpc) is 2.49. The standard InChI is InChI=1S/C15H18F2N2O4/c1-2-23-15(21)12(7-8-13(16)17)10-3-5-11(6-4-10)19-14(20)9-18-22/h3-6,9,12-13,22H,2,7-8H2,1H3,(H,19,20)/b18-9+. The smallest absolute Gasteiger partial charge is 0.313 e.